The molecule has 0 aliphatic heterocycles. The zero-order valence-electron chi connectivity index (χ0n) is 14.6. The molecule has 4 heteroatoms. The normalized spacial score (nSPS) is 12.5. The second-order valence-corrected chi connectivity index (χ2v) is 6.68. The molecular formula is C19H25FN2O. The molecule has 0 saturated heterocycles. The summed E-state index contributed by atoms with van der Waals surface area (Å²) in [4.78, 5) is 8.22. The smallest absolute Gasteiger partial charge is 0.256 e. The van der Waals surface area contributed by atoms with Gasteiger partial charge in [0.15, 0.2) is 5.75 Å². The lowest BCUT2D eigenvalue weighted by Gasteiger charge is -2.17. The Kier molecular flexibility index (Phi) is 5.69. The van der Waals surface area contributed by atoms with Gasteiger partial charge in [0.1, 0.15) is 0 Å². The zero-order valence-corrected chi connectivity index (χ0v) is 14.6. The Labute approximate surface area is 137 Å². The minimum absolute atomic E-state index is 0.259. The van der Waals surface area contributed by atoms with Crippen LogP contribution in [0, 0.1) is 31.6 Å². The van der Waals surface area contributed by atoms with Crippen LogP contribution in [0.3, 0.4) is 0 Å². The minimum atomic E-state index is -0.550. The van der Waals surface area contributed by atoms with E-state index in [2.05, 4.69) is 30.7 Å². The first-order valence-corrected chi connectivity index (χ1v) is 8.09. The molecule has 0 amide bonds. The van der Waals surface area contributed by atoms with Crippen molar-refractivity contribution in [3.63, 3.8) is 0 Å². The summed E-state index contributed by atoms with van der Waals surface area (Å²) in [5.74, 6) is 0.702. The summed E-state index contributed by atoms with van der Waals surface area (Å²) < 4.78 is 20.1. The first-order chi connectivity index (χ1) is 10.9. The van der Waals surface area contributed by atoms with E-state index >= 15 is 0 Å². The average molecular weight is 316 g/mol. The summed E-state index contributed by atoms with van der Waals surface area (Å²) >= 11 is 0. The lowest BCUT2D eigenvalue weighted by Crippen LogP contribution is -2.12. The van der Waals surface area contributed by atoms with Crippen molar-refractivity contribution < 1.29 is 9.13 Å². The molecule has 0 aliphatic carbocycles. The second-order valence-electron chi connectivity index (χ2n) is 6.68. The van der Waals surface area contributed by atoms with Gasteiger partial charge in [0, 0.05) is 17.5 Å². The van der Waals surface area contributed by atoms with Crippen LogP contribution >= 0.6 is 0 Å². The maximum atomic E-state index is 14.4. The number of nitrogens with zero attached hydrogens (tertiary/aromatic N) is 2. The van der Waals surface area contributed by atoms with Crippen LogP contribution in [0.15, 0.2) is 24.4 Å². The molecule has 0 N–H and O–H groups in total. The Morgan fingerprint density at radius 1 is 1.17 bits per heavy atom. The highest BCUT2D eigenvalue weighted by Crippen LogP contribution is 2.27. The van der Waals surface area contributed by atoms with Crippen LogP contribution in [0.4, 0.5) is 4.39 Å². The maximum absolute atomic E-state index is 14.4. The monoisotopic (exact) mass is 316 g/mol. The van der Waals surface area contributed by atoms with Gasteiger partial charge in [-0.2, -0.15) is 4.39 Å². The fraction of sp³-hybridized carbons (Fsp3) is 0.474. The lowest BCUT2D eigenvalue weighted by molar-refractivity contribution is 0.227. The topological polar surface area (TPSA) is 35.0 Å². The van der Waals surface area contributed by atoms with E-state index in [-0.39, 0.29) is 5.75 Å². The molecule has 2 heterocycles. The molecule has 0 bridgehead atoms. The SMILES string of the molecule is Cc1cc(-c2cc(C)c(OC[C@@H](C)CC(C)C)c(F)n2)ccn1. The molecular weight excluding hydrogens is 291 g/mol. The molecule has 0 fully saturated rings. The van der Waals surface area contributed by atoms with Gasteiger partial charge in [-0.15, -0.1) is 0 Å². The number of aromatic nitrogens is 2. The first kappa shape index (κ1) is 17.4. The van der Waals surface area contributed by atoms with Crippen LogP contribution in [0.5, 0.6) is 5.75 Å². The highest BCUT2D eigenvalue weighted by molar-refractivity contribution is 5.61. The average Bonchev–Trinajstić information content (AvgIpc) is 2.45. The van der Waals surface area contributed by atoms with Crippen LogP contribution in [0.2, 0.25) is 0 Å². The number of hydrogen-bond acceptors (Lipinski definition) is 3. The van der Waals surface area contributed by atoms with Crippen molar-refractivity contribution in [2.75, 3.05) is 6.61 Å². The maximum Gasteiger partial charge on any atom is 0.256 e. The number of rotatable bonds is 6. The fourth-order valence-electron chi connectivity index (χ4n) is 2.75. The van der Waals surface area contributed by atoms with Crippen molar-refractivity contribution in [3.8, 4) is 17.0 Å². The molecule has 0 aromatic carbocycles. The summed E-state index contributed by atoms with van der Waals surface area (Å²) in [5, 5.41) is 0. The van der Waals surface area contributed by atoms with Crippen LogP contribution in [0.1, 0.15) is 38.4 Å². The number of ether oxygens (including phenoxy) is 1. The van der Waals surface area contributed by atoms with Gasteiger partial charge in [-0.3, -0.25) is 4.98 Å². The van der Waals surface area contributed by atoms with Crippen LogP contribution in [-0.2, 0) is 0 Å². The van der Waals surface area contributed by atoms with Gasteiger partial charge in [0.2, 0.25) is 0 Å². The predicted octanol–water partition coefficient (Wildman–Crippen LogP) is 4.96. The number of pyridine rings is 2. The van der Waals surface area contributed by atoms with Gasteiger partial charge < -0.3 is 4.74 Å². The van der Waals surface area contributed by atoms with Gasteiger partial charge in [-0.1, -0.05) is 20.8 Å². The first-order valence-electron chi connectivity index (χ1n) is 8.09. The molecule has 124 valence electrons. The Morgan fingerprint density at radius 2 is 1.91 bits per heavy atom. The van der Waals surface area contributed by atoms with Crippen LogP contribution in [-0.4, -0.2) is 16.6 Å². The van der Waals surface area contributed by atoms with Crippen LogP contribution in [0.25, 0.3) is 11.3 Å². The van der Waals surface area contributed by atoms with Crippen molar-refractivity contribution in [2.24, 2.45) is 11.8 Å². The molecule has 23 heavy (non-hydrogen) atoms. The van der Waals surface area contributed by atoms with Crippen molar-refractivity contribution in [1.82, 2.24) is 9.97 Å². The predicted molar refractivity (Wildman–Crippen MR) is 91.0 cm³/mol. The molecule has 0 saturated carbocycles. The van der Waals surface area contributed by atoms with Gasteiger partial charge in [0.05, 0.1) is 12.3 Å². The molecule has 0 aliphatic rings. The Bertz CT molecular complexity index is 647. The molecule has 1 atom stereocenters. The standard InChI is InChI=1S/C19H25FN2O/c1-12(2)8-13(3)11-23-18-14(4)9-17(22-19(18)20)16-6-7-21-15(5)10-16/h6-7,9-10,12-13H,8,11H2,1-5H3/t13-/m0/s1. The van der Waals surface area contributed by atoms with Crippen molar-refractivity contribution in [1.29, 1.82) is 0 Å². The molecule has 2 aromatic heterocycles. The van der Waals surface area contributed by atoms with E-state index in [0.717, 1.165) is 23.2 Å². The van der Waals surface area contributed by atoms with Gasteiger partial charge in [-0.25, -0.2) is 4.98 Å². The Hall–Kier alpha value is -1.97. The Balaban J connectivity index is 2.17. The molecule has 2 aromatic rings. The third-order valence-electron chi connectivity index (χ3n) is 3.70. The lowest BCUT2D eigenvalue weighted by atomic mass is 10.00. The second kappa shape index (κ2) is 7.53. The highest BCUT2D eigenvalue weighted by atomic mass is 19.1. The van der Waals surface area contributed by atoms with Gasteiger partial charge in [-0.05, 0) is 55.9 Å². The Morgan fingerprint density at radius 3 is 2.52 bits per heavy atom. The van der Waals surface area contributed by atoms with E-state index in [1.165, 1.54) is 0 Å². The van der Waals surface area contributed by atoms with Crippen molar-refractivity contribution >= 4 is 0 Å². The quantitative estimate of drug-likeness (QED) is 0.706. The van der Waals surface area contributed by atoms with E-state index < -0.39 is 5.95 Å². The van der Waals surface area contributed by atoms with Crippen molar-refractivity contribution in [3.05, 3.63) is 41.6 Å². The molecule has 0 radical (unpaired) electrons. The van der Waals surface area contributed by atoms with Gasteiger partial charge in [0.25, 0.3) is 5.95 Å². The fourth-order valence-corrected chi connectivity index (χ4v) is 2.75. The van der Waals surface area contributed by atoms with E-state index in [1.54, 1.807) is 6.20 Å². The number of hydrogen-bond donors (Lipinski definition) is 0. The minimum Gasteiger partial charge on any atom is -0.488 e. The van der Waals surface area contributed by atoms with Crippen molar-refractivity contribution in [2.45, 2.75) is 41.0 Å². The van der Waals surface area contributed by atoms with Crippen LogP contribution < -0.4 is 4.74 Å². The zero-order chi connectivity index (χ0) is 17.0. The van der Waals surface area contributed by atoms with E-state index in [9.17, 15) is 4.39 Å². The summed E-state index contributed by atoms with van der Waals surface area (Å²) in [7, 11) is 0. The van der Waals surface area contributed by atoms with Gasteiger partial charge >= 0.3 is 0 Å². The third-order valence-corrected chi connectivity index (χ3v) is 3.70. The molecule has 3 nitrogen and oxygen atoms in total. The van der Waals surface area contributed by atoms with E-state index in [0.29, 0.717) is 24.1 Å². The number of halogens is 1. The molecule has 0 unspecified atom stereocenters. The summed E-state index contributed by atoms with van der Waals surface area (Å²) in [5.41, 5.74) is 3.11. The molecule has 0 spiro atoms. The largest absolute Gasteiger partial charge is 0.488 e. The highest BCUT2D eigenvalue weighted by Gasteiger charge is 2.14. The summed E-state index contributed by atoms with van der Waals surface area (Å²) in [6.07, 6.45) is 2.76. The molecule has 2 rings (SSSR count). The summed E-state index contributed by atoms with van der Waals surface area (Å²) in [6.45, 7) is 10.7. The number of aryl methyl sites for hydroxylation is 2. The van der Waals surface area contributed by atoms with E-state index in [4.69, 9.17) is 4.74 Å². The third kappa shape index (κ3) is 4.75. The summed E-state index contributed by atoms with van der Waals surface area (Å²) in [6, 6.07) is 5.59. The van der Waals surface area contributed by atoms with E-state index in [1.807, 2.05) is 32.0 Å².